The number of hydrogen-bond donors (Lipinski definition) is 1. The molecule has 3 rings (SSSR count). The van der Waals surface area contributed by atoms with Gasteiger partial charge in [0, 0.05) is 38.3 Å². The fourth-order valence-electron chi connectivity index (χ4n) is 2.83. The zero-order chi connectivity index (χ0) is 16.2. The lowest BCUT2D eigenvalue weighted by Gasteiger charge is -2.23. The van der Waals surface area contributed by atoms with Crippen LogP contribution in [0.25, 0.3) is 0 Å². The molecule has 2 aromatic rings. The second-order valence-electron chi connectivity index (χ2n) is 5.61. The van der Waals surface area contributed by atoms with Gasteiger partial charge in [-0.1, -0.05) is 29.8 Å². The Hall–Kier alpha value is -1.92. The van der Waals surface area contributed by atoms with E-state index in [0.717, 1.165) is 32.6 Å². The maximum atomic E-state index is 13.8. The molecule has 0 aliphatic carbocycles. The number of halogens is 2. The molecule has 1 fully saturated rings. The fraction of sp³-hybridized carbons (Fsp3) is 0.375. The van der Waals surface area contributed by atoms with Crippen LogP contribution in [0.2, 0.25) is 5.02 Å². The molecule has 1 aliphatic heterocycles. The smallest absolute Gasteiger partial charge is 0.285 e. The minimum absolute atomic E-state index is 0.169. The standard InChI is InChI=1S/C16H18ClFN4O/c17-15-14(10-19-20-16(15)23)22-7-3-6-21(8-9-22)11-12-4-1-2-5-13(12)18/h1-2,4-5,10H,3,6-9,11H2,(H,20,23). The maximum Gasteiger partial charge on any atom is 0.285 e. The van der Waals surface area contributed by atoms with Crippen LogP contribution >= 0.6 is 11.6 Å². The van der Waals surface area contributed by atoms with E-state index in [1.54, 1.807) is 12.3 Å². The van der Waals surface area contributed by atoms with E-state index in [0.29, 0.717) is 17.8 Å². The normalized spacial score (nSPS) is 16.3. The molecule has 23 heavy (non-hydrogen) atoms. The molecular formula is C16H18ClFN4O. The first kappa shape index (κ1) is 16.0. The topological polar surface area (TPSA) is 52.2 Å². The summed E-state index contributed by atoms with van der Waals surface area (Å²) >= 11 is 6.08. The van der Waals surface area contributed by atoms with E-state index >= 15 is 0 Å². The number of rotatable bonds is 3. The number of benzene rings is 1. The van der Waals surface area contributed by atoms with Gasteiger partial charge in [-0.3, -0.25) is 9.69 Å². The van der Waals surface area contributed by atoms with Crippen molar-refractivity contribution in [2.45, 2.75) is 13.0 Å². The van der Waals surface area contributed by atoms with Crippen LogP contribution in [0.3, 0.4) is 0 Å². The molecule has 7 heteroatoms. The van der Waals surface area contributed by atoms with Gasteiger partial charge >= 0.3 is 0 Å². The number of aromatic amines is 1. The highest BCUT2D eigenvalue weighted by molar-refractivity contribution is 6.32. The summed E-state index contributed by atoms with van der Waals surface area (Å²) in [4.78, 5) is 15.9. The third-order valence-electron chi connectivity index (χ3n) is 4.06. The van der Waals surface area contributed by atoms with Crippen molar-refractivity contribution >= 4 is 17.3 Å². The molecule has 1 aromatic heterocycles. The molecule has 1 saturated heterocycles. The number of aromatic nitrogens is 2. The Bertz CT molecular complexity index is 736. The molecule has 0 radical (unpaired) electrons. The maximum absolute atomic E-state index is 13.8. The summed E-state index contributed by atoms with van der Waals surface area (Å²) in [5.74, 6) is -0.171. The van der Waals surface area contributed by atoms with E-state index in [-0.39, 0.29) is 16.4 Å². The summed E-state index contributed by atoms with van der Waals surface area (Å²) in [5.41, 5.74) is 0.983. The van der Waals surface area contributed by atoms with Gasteiger partial charge in [0.2, 0.25) is 0 Å². The van der Waals surface area contributed by atoms with Crippen LogP contribution in [0.1, 0.15) is 12.0 Å². The van der Waals surface area contributed by atoms with Gasteiger partial charge in [-0.15, -0.1) is 0 Å². The zero-order valence-corrected chi connectivity index (χ0v) is 13.4. The van der Waals surface area contributed by atoms with Crippen molar-refractivity contribution in [3.05, 3.63) is 57.2 Å². The van der Waals surface area contributed by atoms with Gasteiger partial charge in [0.05, 0.1) is 11.9 Å². The van der Waals surface area contributed by atoms with E-state index in [4.69, 9.17) is 11.6 Å². The summed E-state index contributed by atoms with van der Waals surface area (Å²) in [7, 11) is 0. The zero-order valence-electron chi connectivity index (χ0n) is 12.6. The predicted molar refractivity (Wildman–Crippen MR) is 88.4 cm³/mol. The average molecular weight is 337 g/mol. The molecule has 1 aromatic carbocycles. The summed E-state index contributed by atoms with van der Waals surface area (Å²) in [6, 6.07) is 6.85. The summed E-state index contributed by atoms with van der Waals surface area (Å²) in [6.07, 6.45) is 2.49. The highest BCUT2D eigenvalue weighted by atomic mass is 35.5. The van der Waals surface area contributed by atoms with E-state index in [9.17, 15) is 9.18 Å². The average Bonchev–Trinajstić information content (AvgIpc) is 2.78. The van der Waals surface area contributed by atoms with Crippen molar-refractivity contribution in [3.63, 3.8) is 0 Å². The minimum Gasteiger partial charge on any atom is -0.368 e. The number of hydrogen-bond acceptors (Lipinski definition) is 4. The predicted octanol–water partition coefficient (Wildman–Crippen LogP) is 2.27. The first-order chi connectivity index (χ1) is 11.1. The lowest BCUT2D eigenvalue weighted by atomic mass is 10.2. The Labute approximate surface area is 138 Å². The fourth-order valence-corrected chi connectivity index (χ4v) is 3.04. The van der Waals surface area contributed by atoms with Gasteiger partial charge in [0.15, 0.2) is 0 Å². The first-order valence-electron chi connectivity index (χ1n) is 7.59. The minimum atomic E-state index is -0.378. The molecule has 1 aliphatic rings. The Balaban J connectivity index is 1.69. The third-order valence-corrected chi connectivity index (χ3v) is 4.42. The molecule has 5 nitrogen and oxygen atoms in total. The van der Waals surface area contributed by atoms with Crippen LogP contribution in [-0.2, 0) is 6.54 Å². The van der Waals surface area contributed by atoms with Crippen LogP contribution in [0.4, 0.5) is 10.1 Å². The molecular weight excluding hydrogens is 319 g/mol. The highest BCUT2D eigenvalue weighted by Gasteiger charge is 2.19. The van der Waals surface area contributed by atoms with Crippen LogP contribution in [0, 0.1) is 5.82 Å². The molecule has 0 saturated carbocycles. The second kappa shape index (κ2) is 7.10. The van der Waals surface area contributed by atoms with Crippen LogP contribution in [0.15, 0.2) is 35.3 Å². The highest BCUT2D eigenvalue weighted by Crippen LogP contribution is 2.22. The summed E-state index contributed by atoms with van der Waals surface area (Å²) in [6.45, 7) is 3.75. The van der Waals surface area contributed by atoms with Gasteiger partial charge in [-0.05, 0) is 12.5 Å². The Morgan fingerprint density at radius 2 is 2.04 bits per heavy atom. The molecule has 0 spiro atoms. The van der Waals surface area contributed by atoms with Crippen molar-refractivity contribution < 1.29 is 4.39 Å². The summed E-state index contributed by atoms with van der Waals surface area (Å²) < 4.78 is 13.8. The Kier molecular flexibility index (Phi) is 4.93. The Morgan fingerprint density at radius 1 is 1.22 bits per heavy atom. The van der Waals surface area contributed by atoms with Crippen LogP contribution < -0.4 is 10.5 Å². The quantitative estimate of drug-likeness (QED) is 0.934. The molecule has 0 unspecified atom stereocenters. The van der Waals surface area contributed by atoms with Gasteiger partial charge in [0.1, 0.15) is 10.8 Å². The molecule has 0 atom stereocenters. The molecule has 122 valence electrons. The van der Waals surface area contributed by atoms with Gasteiger partial charge in [-0.2, -0.15) is 5.10 Å². The largest absolute Gasteiger partial charge is 0.368 e. The Morgan fingerprint density at radius 3 is 2.87 bits per heavy atom. The SMILES string of the molecule is O=c1[nH]ncc(N2CCCN(Cc3ccccc3F)CC2)c1Cl. The lowest BCUT2D eigenvalue weighted by Crippen LogP contribution is -2.31. The number of anilines is 1. The third kappa shape index (κ3) is 3.71. The number of H-pyrrole nitrogens is 1. The molecule has 0 amide bonds. The number of nitrogens with one attached hydrogen (secondary N) is 1. The first-order valence-corrected chi connectivity index (χ1v) is 7.97. The molecule has 2 heterocycles. The van der Waals surface area contributed by atoms with Gasteiger partial charge in [-0.25, -0.2) is 9.49 Å². The van der Waals surface area contributed by atoms with E-state index < -0.39 is 0 Å². The van der Waals surface area contributed by atoms with Crippen molar-refractivity contribution in [1.82, 2.24) is 15.1 Å². The second-order valence-corrected chi connectivity index (χ2v) is 5.98. The monoisotopic (exact) mass is 336 g/mol. The lowest BCUT2D eigenvalue weighted by molar-refractivity contribution is 0.281. The van der Waals surface area contributed by atoms with Gasteiger partial charge < -0.3 is 4.90 Å². The van der Waals surface area contributed by atoms with Crippen molar-refractivity contribution in [1.29, 1.82) is 0 Å². The molecule has 0 bridgehead atoms. The van der Waals surface area contributed by atoms with Crippen LogP contribution in [0.5, 0.6) is 0 Å². The van der Waals surface area contributed by atoms with E-state index in [2.05, 4.69) is 20.0 Å². The van der Waals surface area contributed by atoms with Crippen molar-refractivity contribution in [3.8, 4) is 0 Å². The van der Waals surface area contributed by atoms with E-state index in [1.807, 2.05) is 12.1 Å². The van der Waals surface area contributed by atoms with Crippen molar-refractivity contribution in [2.24, 2.45) is 0 Å². The van der Waals surface area contributed by atoms with Crippen molar-refractivity contribution in [2.75, 3.05) is 31.1 Å². The van der Waals surface area contributed by atoms with Crippen LogP contribution in [-0.4, -0.2) is 41.3 Å². The number of nitrogens with zero attached hydrogens (tertiary/aromatic N) is 3. The van der Waals surface area contributed by atoms with E-state index in [1.165, 1.54) is 6.07 Å². The molecule has 1 N–H and O–H groups in total. The summed E-state index contributed by atoms with van der Waals surface area (Å²) in [5, 5.41) is 6.32. The van der Waals surface area contributed by atoms with Gasteiger partial charge in [0.25, 0.3) is 5.56 Å².